The van der Waals surface area contributed by atoms with Crippen molar-refractivity contribution in [1.29, 1.82) is 0 Å². The predicted octanol–water partition coefficient (Wildman–Crippen LogP) is 2.11. The molecule has 1 aliphatic rings. The molecule has 0 aliphatic carbocycles. The van der Waals surface area contributed by atoms with Gasteiger partial charge in [-0.05, 0) is 70.1 Å². The summed E-state index contributed by atoms with van der Waals surface area (Å²) in [4.78, 5) is 9.16. The molecular weight excluding hydrogens is 260 g/mol. The maximum Gasteiger partial charge on any atom is 0.0344 e. The Morgan fingerprint density at radius 1 is 1.29 bits per heavy atom. The number of hydrogen-bond acceptors (Lipinski definition) is 4. The number of nitrogens with zero attached hydrogens (tertiary/aromatic N) is 3. The molecule has 2 rings (SSSR count). The van der Waals surface area contributed by atoms with Gasteiger partial charge in [0.25, 0.3) is 0 Å². The highest BCUT2D eigenvalue weighted by Gasteiger charge is 2.34. The van der Waals surface area contributed by atoms with Crippen molar-refractivity contribution in [3.05, 3.63) is 30.1 Å². The van der Waals surface area contributed by atoms with Gasteiger partial charge in [0.15, 0.2) is 0 Å². The van der Waals surface area contributed by atoms with Gasteiger partial charge in [-0.1, -0.05) is 6.92 Å². The van der Waals surface area contributed by atoms with Gasteiger partial charge in [-0.25, -0.2) is 0 Å². The first-order chi connectivity index (χ1) is 10.2. The van der Waals surface area contributed by atoms with E-state index >= 15 is 0 Å². The first kappa shape index (κ1) is 16.4. The molecule has 0 spiro atoms. The van der Waals surface area contributed by atoms with Crippen LogP contribution in [0.4, 0.5) is 0 Å². The van der Waals surface area contributed by atoms with Crippen molar-refractivity contribution in [2.24, 2.45) is 5.73 Å². The van der Waals surface area contributed by atoms with Crippen molar-refractivity contribution in [3.8, 4) is 0 Å². The second-order valence-electron chi connectivity index (χ2n) is 6.34. The zero-order valence-electron chi connectivity index (χ0n) is 13.6. The monoisotopic (exact) mass is 290 g/mol. The maximum atomic E-state index is 6.21. The topological polar surface area (TPSA) is 45.4 Å². The number of likely N-dealkylation sites (N-methyl/N-ethyl adjacent to an activating group) is 1. The summed E-state index contributed by atoms with van der Waals surface area (Å²) in [5, 5.41) is 0. The number of hydrogen-bond donors (Lipinski definition) is 1. The molecule has 0 radical (unpaired) electrons. The van der Waals surface area contributed by atoms with Gasteiger partial charge in [0.05, 0.1) is 0 Å². The van der Waals surface area contributed by atoms with E-state index in [1.165, 1.54) is 50.9 Å². The highest BCUT2D eigenvalue weighted by atomic mass is 15.2. The normalized spacial score (nSPS) is 24.2. The number of pyridine rings is 1. The van der Waals surface area contributed by atoms with Crippen molar-refractivity contribution >= 4 is 0 Å². The average Bonchev–Trinajstić information content (AvgIpc) is 2.72. The van der Waals surface area contributed by atoms with E-state index in [2.05, 4.69) is 40.9 Å². The minimum atomic E-state index is 0.145. The molecule has 1 aromatic heterocycles. The fourth-order valence-electron chi connectivity index (χ4n) is 3.45. The third-order valence-corrected chi connectivity index (χ3v) is 4.91. The van der Waals surface area contributed by atoms with Crippen LogP contribution in [0, 0.1) is 0 Å². The Kier molecular flexibility index (Phi) is 6.15. The summed E-state index contributed by atoms with van der Waals surface area (Å²) in [5.74, 6) is 0. The van der Waals surface area contributed by atoms with E-state index in [-0.39, 0.29) is 5.54 Å². The van der Waals surface area contributed by atoms with Crippen LogP contribution in [0.5, 0.6) is 0 Å². The van der Waals surface area contributed by atoms with Gasteiger partial charge in [-0.3, -0.25) is 9.88 Å². The first-order valence-corrected chi connectivity index (χ1v) is 8.23. The molecule has 21 heavy (non-hydrogen) atoms. The highest BCUT2D eigenvalue weighted by Crippen LogP contribution is 2.28. The predicted molar refractivity (Wildman–Crippen MR) is 88.1 cm³/mol. The molecule has 0 bridgehead atoms. The Balaban J connectivity index is 2.02. The Hall–Kier alpha value is -0.970. The van der Waals surface area contributed by atoms with Crippen molar-refractivity contribution in [2.45, 2.75) is 44.7 Å². The summed E-state index contributed by atoms with van der Waals surface area (Å²) in [6, 6.07) is 4.20. The molecule has 0 aromatic carbocycles. The molecule has 2 N–H and O–H groups in total. The van der Waals surface area contributed by atoms with Gasteiger partial charge in [-0.2, -0.15) is 0 Å². The molecule has 1 atom stereocenters. The van der Waals surface area contributed by atoms with Gasteiger partial charge < -0.3 is 10.6 Å². The largest absolute Gasteiger partial charge is 0.329 e. The molecule has 4 nitrogen and oxygen atoms in total. The second-order valence-corrected chi connectivity index (χ2v) is 6.34. The molecule has 2 heterocycles. The van der Waals surface area contributed by atoms with Crippen LogP contribution >= 0.6 is 0 Å². The lowest BCUT2D eigenvalue weighted by Gasteiger charge is -2.41. The van der Waals surface area contributed by atoms with E-state index in [0.717, 1.165) is 13.1 Å². The van der Waals surface area contributed by atoms with E-state index in [1.807, 2.05) is 12.4 Å². The van der Waals surface area contributed by atoms with E-state index in [0.29, 0.717) is 0 Å². The van der Waals surface area contributed by atoms with Crippen molar-refractivity contribution in [1.82, 2.24) is 14.8 Å². The Morgan fingerprint density at radius 3 is 2.71 bits per heavy atom. The van der Waals surface area contributed by atoms with Gasteiger partial charge in [0.2, 0.25) is 0 Å². The standard InChI is InChI=1S/C17H30N4/c1-3-11-21-12-4-7-17(15-18,8-13-21)20(2)14-16-5-9-19-10-6-16/h5-6,9-10H,3-4,7-8,11-15,18H2,1-2H3. The average molecular weight is 290 g/mol. The fraction of sp³-hybridized carbons (Fsp3) is 0.706. The van der Waals surface area contributed by atoms with Crippen LogP contribution < -0.4 is 5.73 Å². The number of nitrogens with two attached hydrogens (primary N) is 1. The third-order valence-electron chi connectivity index (χ3n) is 4.91. The summed E-state index contributed by atoms with van der Waals surface area (Å²) in [6.07, 6.45) is 8.60. The van der Waals surface area contributed by atoms with Crippen LogP contribution in [0.3, 0.4) is 0 Å². The third kappa shape index (κ3) is 4.25. The summed E-state index contributed by atoms with van der Waals surface area (Å²) in [7, 11) is 2.22. The Labute approximate surface area is 129 Å². The molecule has 118 valence electrons. The number of rotatable bonds is 6. The van der Waals surface area contributed by atoms with Gasteiger partial charge in [0, 0.05) is 31.0 Å². The van der Waals surface area contributed by atoms with Crippen LogP contribution in [-0.4, -0.2) is 53.5 Å². The number of likely N-dealkylation sites (tertiary alicyclic amines) is 1. The zero-order chi connectivity index (χ0) is 15.1. The zero-order valence-corrected chi connectivity index (χ0v) is 13.6. The van der Waals surface area contributed by atoms with Gasteiger partial charge in [-0.15, -0.1) is 0 Å². The van der Waals surface area contributed by atoms with Gasteiger partial charge in [0.1, 0.15) is 0 Å². The molecule has 1 aliphatic heterocycles. The number of aromatic nitrogens is 1. The molecule has 1 saturated heterocycles. The molecule has 1 fully saturated rings. The van der Waals surface area contributed by atoms with Crippen LogP contribution in [0.15, 0.2) is 24.5 Å². The molecule has 0 saturated carbocycles. The van der Waals surface area contributed by atoms with E-state index in [9.17, 15) is 0 Å². The van der Waals surface area contributed by atoms with Crippen LogP contribution in [-0.2, 0) is 6.54 Å². The van der Waals surface area contributed by atoms with E-state index in [1.54, 1.807) is 0 Å². The summed E-state index contributed by atoms with van der Waals surface area (Å²) in [5.41, 5.74) is 7.67. The lowest BCUT2D eigenvalue weighted by molar-refractivity contribution is 0.0992. The van der Waals surface area contributed by atoms with Crippen molar-refractivity contribution in [2.75, 3.05) is 33.2 Å². The van der Waals surface area contributed by atoms with Crippen molar-refractivity contribution in [3.63, 3.8) is 0 Å². The Morgan fingerprint density at radius 2 is 2.05 bits per heavy atom. The van der Waals surface area contributed by atoms with Crippen LogP contribution in [0.25, 0.3) is 0 Å². The van der Waals surface area contributed by atoms with Gasteiger partial charge >= 0.3 is 0 Å². The SMILES string of the molecule is CCCN1CCCC(CN)(N(C)Cc2ccncc2)CC1. The van der Waals surface area contributed by atoms with E-state index in [4.69, 9.17) is 5.73 Å². The highest BCUT2D eigenvalue weighted by molar-refractivity contribution is 5.10. The summed E-state index contributed by atoms with van der Waals surface area (Å²) < 4.78 is 0. The first-order valence-electron chi connectivity index (χ1n) is 8.23. The lowest BCUT2D eigenvalue weighted by Crippen LogP contribution is -2.52. The smallest absolute Gasteiger partial charge is 0.0344 e. The van der Waals surface area contributed by atoms with Crippen molar-refractivity contribution < 1.29 is 0 Å². The molecule has 1 aromatic rings. The molecule has 1 unspecified atom stereocenters. The summed E-state index contributed by atoms with van der Waals surface area (Å²) in [6.45, 7) is 7.57. The molecule has 0 amide bonds. The minimum Gasteiger partial charge on any atom is -0.329 e. The lowest BCUT2D eigenvalue weighted by atomic mass is 9.88. The molecular formula is C17H30N4. The minimum absolute atomic E-state index is 0.145. The Bertz CT molecular complexity index is 409. The van der Waals surface area contributed by atoms with Crippen LogP contribution in [0.2, 0.25) is 0 Å². The van der Waals surface area contributed by atoms with E-state index < -0.39 is 0 Å². The summed E-state index contributed by atoms with van der Waals surface area (Å²) >= 11 is 0. The fourth-order valence-corrected chi connectivity index (χ4v) is 3.45. The second kappa shape index (κ2) is 7.87. The maximum absolute atomic E-state index is 6.21. The van der Waals surface area contributed by atoms with Crippen LogP contribution in [0.1, 0.15) is 38.2 Å². The quantitative estimate of drug-likeness (QED) is 0.871. The molecule has 4 heteroatoms.